The highest BCUT2D eigenvalue weighted by Crippen LogP contribution is 2.20. The molecule has 1 saturated heterocycles. The summed E-state index contributed by atoms with van der Waals surface area (Å²) in [5.41, 5.74) is 2.11. The molecule has 0 bridgehead atoms. The van der Waals surface area contributed by atoms with Crippen molar-refractivity contribution in [1.29, 1.82) is 0 Å². The van der Waals surface area contributed by atoms with E-state index in [4.69, 9.17) is 0 Å². The second kappa shape index (κ2) is 6.96. The molecule has 122 valence electrons. The van der Waals surface area contributed by atoms with Crippen LogP contribution in [-0.4, -0.2) is 38.4 Å². The average molecular weight is 313 g/mol. The summed E-state index contributed by atoms with van der Waals surface area (Å²) in [4.78, 5) is 18.9. The molecule has 1 unspecified atom stereocenters. The van der Waals surface area contributed by atoms with Crippen molar-refractivity contribution in [1.82, 2.24) is 14.3 Å². The Morgan fingerprint density at radius 2 is 2.13 bits per heavy atom. The molecule has 1 aliphatic rings. The van der Waals surface area contributed by atoms with Gasteiger partial charge in [0, 0.05) is 19.3 Å². The monoisotopic (exact) mass is 313 g/mol. The largest absolute Gasteiger partial charge is 0.386 e. The van der Waals surface area contributed by atoms with Gasteiger partial charge in [-0.3, -0.25) is 4.79 Å². The van der Waals surface area contributed by atoms with E-state index >= 15 is 0 Å². The minimum absolute atomic E-state index is 0.0641. The van der Waals surface area contributed by atoms with E-state index in [0.717, 1.165) is 31.6 Å². The Morgan fingerprint density at radius 1 is 1.35 bits per heavy atom. The Bertz CT molecular complexity index is 714. The van der Waals surface area contributed by atoms with Crippen molar-refractivity contribution in [2.45, 2.75) is 38.7 Å². The van der Waals surface area contributed by atoms with E-state index in [2.05, 4.69) is 4.98 Å². The maximum Gasteiger partial charge on any atom is 0.255 e. The summed E-state index contributed by atoms with van der Waals surface area (Å²) in [6.07, 6.45) is 10.6. The quantitative estimate of drug-likeness (QED) is 0.883. The van der Waals surface area contributed by atoms with Crippen molar-refractivity contribution in [3.63, 3.8) is 0 Å². The van der Waals surface area contributed by atoms with Crippen LogP contribution in [0.3, 0.4) is 0 Å². The number of carbonyl (C=O) groups excluding carboxylic acids is 1. The smallest absolute Gasteiger partial charge is 0.255 e. The number of likely N-dealkylation sites (tertiary alicyclic amines) is 1. The summed E-state index contributed by atoms with van der Waals surface area (Å²) in [6, 6.07) is 3.66. The molecule has 1 N–H and O–H groups in total. The zero-order valence-corrected chi connectivity index (χ0v) is 13.5. The van der Waals surface area contributed by atoms with Crippen LogP contribution in [0.15, 0.2) is 36.7 Å². The van der Waals surface area contributed by atoms with Gasteiger partial charge < -0.3 is 14.4 Å². The standard InChI is InChI=1S/C18H23N3O2/c1-2-3-7-16(22)15-12-19-17-9-8-14(13-21(15)17)18(23)20-10-5-4-6-11-20/h2-3,8-9,12-13,16,22H,4-7,10-11H2,1H3. The van der Waals surface area contributed by atoms with Gasteiger partial charge in [-0.15, -0.1) is 0 Å². The van der Waals surface area contributed by atoms with Crippen LogP contribution < -0.4 is 0 Å². The van der Waals surface area contributed by atoms with E-state index in [1.165, 1.54) is 6.42 Å². The third kappa shape index (κ3) is 3.29. The van der Waals surface area contributed by atoms with Crippen molar-refractivity contribution in [2.75, 3.05) is 13.1 Å². The number of hydrogen-bond acceptors (Lipinski definition) is 3. The number of fused-ring (bicyclic) bond motifs is 1. The summed E-state index contributed by atoms with van der Waals surface area (Å²) >= 11 is 0. The third-order valence-corrected chi connectivity index (χ3v) is 4.36. The van der Waals surface area contributed by atoms with Gasteiger partial charge in [0.1, 0.15) is 5.65 Å². The highest BCUT2D eigenvalue weighted by Gasteiger charge is 2.19. The topological polar surface area (TPSA) is 57.8 Å². The van der Waals surface area contributed by atoms with Gasteiger partial charge in [-0.1, -0.05) is 12.2 Å². The van der Waals surface area contributed by atoms with Gasteiger partial charge in [-0.05, 0) is 44.7 Å². The number of amides is 1. The molecule has 5 nitrogen and oxygen atoms in total. The van der Waals surface area contributed by atoms with Crippen LogP contribution in [0.2, 0.25) is 0 Å². The summed E-state index contributed by atoms with van der Waals surface area (Å²) < 4.78 is 1.82. The van der Waals surface area contributed by atoms with Gasteiger partial charge in [0.2, 0.25) is 0 Å². The maximum atomic E-state index is 12.6. The molecule has 1 fully saturated rings. The number of nitrogens with zero attached hydrogens (tertiary/aromatic N) is 3. The predicted octanol–water partition coefficient (Wildman–Crippen LogP) is 2.96. The number of carbonyl (C=O) groups is 1. The van der Waals surface area contributed by atoms with E-state index < -0.39 is 6.10 Å². The number of allylic oxidation sites excluding steroid dienone is 1. The summed E-state index contributed by atoms with van der Waals surface area (Å²) in [5, 5.41) is 10.3. The van der Waals surface area contributed by atoms with Crippen molar-refractivity contribution in [3.8, 4) is 0 Å². The first-order valence-corrected chi connectivity index (χ1v) is 8.26. The molecule has 2 aromatic rings. The highest BCUT2D eigenvalue weighted by molar-refractivity contribution is 5.94. The van der Waals surface area contributed by atoms with Gasteiger partial charge in [-0.25, -0.2) is 4.98 Å². The fourth-order valence-electron chi connectivity index (χ4n) is 3.04. The van der Waals surface area contributed by atoms with Crippen LogP contribution in [0, 0.1) is 0 Å². The first-order chi connectivity index (χ1) is 11.2. The van der Waals surface area contributed by atoms with Crippen molar-refractivity contribution in [3.05, 3.63) is 47.9 Å². The number of rotatable bonds is 4. The zero-order valence-electron chi connectivity index (χ0n) is 13.5. The molecule has 1 aliphatic heterocycles. The Hall–Kier alpha value is -2.14. The lowest BCUT2D eigenvalue weighted by Crippen LogP contribution is -2.35. The molecule has 23 heavy (non-hydrogen) atoms. The van der Waals surface area contributed by atoms with E-state index in [1.807, 2.05) is 40.5 Å². The lowest BCUT2D eigenvalue weighted by Gasteiger charge is -2.26. The number of imidazole rings is 1. The van der Waals surface area contributed by atoms with Crippen molar-refractivity contribution < 1.29 is 9.90 Å². The van der Waals surface area contributed by atoms with E-state index in [-0.39, 0.29) is 5.91 Å². The van der Waals surface area contributed by atoms with Gasteiger partial charge in [0.15, 0.2) is 0 Å². The van der Waals surface area contributed by atoms with Crippen molar-refractivity contribution in [2.24, 2.45) is 0 Å². The summed E-state index contributed by atoms with van der Waals surface area (Å²) in [6.45, 7) is 3.59. The molecule has 0 saturated carbocycles. The molecule has 3 heterocycles. The Morgan fingerprint density at radius 3 is 2.87 bits per heavy atom. The molecule has 0 aromatic carbocycles. The van der Waals surface area contributed by atoms with Gasteiger partial charge in [-0.2, -0.15) is 0 Å². The third-order valence-electron chi connectivity index (χ3n) is 4.36. The SMILES string of the molecule is CC=CCC(O)c1cnc2ccc(C(=O)N3CCCCC3)cn12. The Balaban J connectivity index is 1.89. The van der Waals surface area contributed by atoms with Gasteiger partial charge in [0.05, 0.1) is 23.6 Å². The molecular formula is C18H23N3O2. The van der Waals surface area contributed by atoms with Gasteiger partial charge in [0.25, 0.3) is 5.91 Å². The number of aromatic nitrogens is 2. The fourth-order valence-corrected chi connectivity index (χ4v) is 3.04. The highest BCUT2D eigenvalue weighted by atomic mass is 16.3. The molecule has 0 spiro atoms. The number of aliphatic hydroxyl groups excluding tert-OH is 1. The lowest BCUT2D eigenvalue weighted by molar-refractivity contribution is 0.0723. The fraction of sp³-hybridized carbons (Fsp3) is 0.444. The predicted molar refractivity (Wildman–Crippen MR) is 89.3 cm³/mol. The number of hydrogen-bond donors (Lipinski definition) is 1. The number of piperidine rings is 1. The van der Waals surface area contributed by atoms with Crippen LogP contribution in [0.25, 0.3) is 5.65 Å². The van der Waals surface area contributed by atoms with Crippen LogP contribution >= 0.6 is 0 Å². The minimum atomic E-state index is -0.624. The van der Waals surface area contributed by atoms with E-state index in [1.54, 1.807) is 12.4 Å². The van der Waals surface area contributed by atoms with E-state index in [0.29, 0.717) is 17.7 Å². The molecule has 0 aliphatic carbocycles. The zero-order chi connectivity index (χ0) is 16.2. The molecule has 3 rings (SSSR count). The second-order valence-electron chi connectivity index (χ2n) is 6.00. The summed E-state index contributed by atoms with van der Waals surface area (Å²) in [7, 11) is 0. The normalized spacial score (nSPS) is 17.0. The first kappa shape index (κ1) is 15.7. The second-order valence-corrected chi connectivity index (χ2v) is 6.00. The first-order valence-electron chi connectivity index (χ1n) is 8.26. The number of aliphatic hydroxyl groups is 1. The van der Waals surface area contributed by atoms with E-state index in [9.17, 15) is 9.90 Å². The average Bonchev–Trinajstić information content (AvgIpc) is 3.03. The van der Waals surface area contributed by atoms with Gasteiger partial charge >= 0.3 is 0 Å². The van der Waals surface area contributed by atoms with Crippen LogP contribution in [-0.2, 0) is 0 Å². The molecule has 1 amide bonds. The minimum Gasteiger partial charge on any atom is -0.386 e. The van der Waals surface area contributed by atoms with Crippen LogP contribution in [0.1, 0.15) is 54.8 Å². The van der Waals surface area contributed by atoms with Crippen LogP contribution in [0.4, 0.5) is 0 Å². The Labute approximate surface area is 136 Å². The van der Waals surface area contributed by atoms with Crippen LogP contribution in [0.5, 0.6) is 0 Å². The molecular weight excluding hydrogens is 290 g/mol. The lowest BCUT2D eigenvalue weighted by atomic mass is 10.1. The molecule has 1 atom stereocenters. The number of pyridine rings is 1. The summed E-state index contributed by atoms with van der Waals surface area (Å²) in [5.74, 6) is 0.0641. The molecule has 2 aromatic heterocycles. The molecule has 0 radical (unpaired) electrons. The van der Waals surface area contributed by atoms with Crippen molar-refractivity contribution >= 4 is 11.6 Å². The maximum absolute atomic E-state index is 12.6. The molecule has 5 heteroatoms. The Kier molecular flexibility index (Phi) is 4.76.